The topological polar surface area (TPSA) is 60.8 Å². The third-order valence-electron chi connectivity index (χ3n) is 6.94. The van der Waals surface area contributed by atoms with Crippen LogP contribution in [-0.4, -0.2) is 39.9 Å². The summed E-state index contributed by atoms with van der Waals surface area (Å²) in [6.07, 6.45) is 11.5. The summed E-state index contributed by atoms with van der Waals surface area (Å²) < 4.78 is 0. The van der Waals surface area contributed by atoms with E-state index in [-0.39, 0.29) is 12.1 Å². The lowest BCUT2D eigenvalue weighted by molar-refractivity contribution is -0.152. The minimum Gasteiger partial charge on any atom is -0.465 e. The van der Waals surface area contributed by atoms with E-state index in [1.165, 1.54) is 19.3 Å². The number of nitrogens with zero attached hydrogens (tertiary/aromatic N) is 1. The van der Waals surface area contributed by atoms with E-state index in [1.54, 1.807) is 0 Å². The van der Waals surface area contributed by atoms with E-state index in [9.17, 15) is 9.90 Å². The van der Waals surface area contributed by atoms with Crippen molar-refractivity contribution in [2.24, 2.45) is 16.7 Å². The molecule has 0 saturated heterocycles. The largest absolute Gasteiger partial charge is 0.465 e. The minimum atomic E-state index is -0.709. The number of aliphatic hydroxyl groups is 1. The first-order chi connectivity index (χ1) is 11.3. The molecule has 138 valence electrons. The number of carboxylic acid groups (broad SMARTS) is 1. The zero-order chi connectivity index (χ0) is 17.4. The van der Waals surface area contributed by atoms with Crippen molar-refractivity contribution in [3.63, 3.8) is 0 Å². The van der Waals surface area contributed by atoms with Crippen molar-refractivity contribution in [1.82, 2.24) is 4.90 Å². The molecule has 4 fully saturated rings. The van der Waals surface area contributed by atoms with Gasteiger partial charge in [0.1, 0.15) is 0 Å². The average Bonchev–Trinajstić information content (AvgIpc) is 2.41. The van der Waals surface area contributed by atoms with E-state index in [0.717, 1.165) is 57.3 Å². The van der Waals surface area contributed by atoms with Crippen LogP contribution in [0, 0.1) is 16.7 Å². The predicted octanol–water partition coefficient (Wildman–Crippen LogP) is 4.66. The molecule has 4 atom stereocenters. The van der Waals surface area contributed by atoms with Crippen LogP contribution in [-0.2, 0) is 0 Å². The number of hydrogen-bond acceptors (Lipinski definition) is 2. The number of hydrogen-bond donors (Lipinski definition) is 2. The van der Waals surface area contributed by atoms with Gasteiger partial charge >= 0.3 is 6.09 Å². The summed E-state index contributed by atoms with van der Waals surface area (Å²) in [5, 5.41) is 18.8. The predicted molar refractivity (Wildman–Crippen MR) is 95.0 cm³/mol. The van der Waals surface area contributed by atoms with Crippen LogP contribution in [0.1, 0.15) is 84.5 Å². The Hall–Kier alpha value is -0.770. The first-order valence-corrected chi connectivity index (χ1v) is 9.91. The molecule has 0 heterocycles. The van der Waals surface area contributed by atoms with Crippen LogP contribution in [0.4, 0.5) is 4.79 Å². The highest BCUT2D eigenvalue weighted by Crippen LogP contribution is 2.67. The van der Waals surface area contributed by atoms with Crippen LogP contribution in [0.15, 0.2) is 0 Å². The van der Waals surface area contributed by atoms with Gasteiger partial charge in [-0.15, -0.1) is 0 Å². The molecule has 4 bridgehead atoms. The standard InChI is InChI=1S/C20H35NO3/c1-18-10-16-11-19(2,13-18)15-20(12-16,14-18)21(17(23)24)8-6-4-3-5-7-9-22/h16,22H,3-15H2,1-2H3,(H,23,24)/t16?,18-,19+,20?. The Morgan fingerprint density at radius 3 is 2.08 bits per heavy atom. The van der Waals surface area contributed by atoms with Crippen LogP contribution >= 0.6 is 0 Å². The van der Waals surface area contributed by atoms with Crippen molar-refractivity contribution in [1.29, 1.82) is 0 Å². The number of aliphatic hydroxyl groups excluding tert-OH is 1. The first-order valence-electron chi connectivity index (χ1n) is 9.91. The molecule has 4 heteroatoms. The Balaban J connectivity index is 1.66. The van der Waals surface area contributed by atoms with E-state index in [2.05, 4.69) is 13.8 Å². The highest BCUT2D eigenvalue weighted by atomic mass is 16.4. The minimum absolute atomic E-state index is 0.0974. The lowest BCUT2D eigenvalue weighted by Crippen LogP contribution is -2.66. The Labute approximate surface area is 146 Å². The first kappa shape index (κ1) is 18.0. The van der Waals surface area contributed by atoms with Crippen LogP contribution in [0.25, 0.3) is 0 Å². The summed E-state index contributed by atoms with van der Waals surface area (Å²) in [7, 11) is 0. The number of carbonyl (C=O) groups is 1. The van der Waals surface area contributed by atoms with Gasteiger partial charge in [0.2, 0.25) is 0 Å². The fourth-order valence-electron chi connectivity index (χ4n) is 7.14. The van der Waals surface area contributed by atoms with Gasteiger partial charge in [-0.05, 0) is 68.1 Å². The molecule has 0 spiro atoms. The van der Waals surface area contributed by atoms with Gasteiger partial charge in [-0.3, -0.25) is 0 Å². The van der Waals surface area contributed by atoms with Gasteiger partial charge in [-0.2, -0.15) is 0 Å². The van der Waals surface area contributed by atoms with E-state index in [4.69, 9.17) is 5.11 Å². The second-order valence-electron chi connectivity index (χ2n) is 9.78. The Morgan fingerprint density at radius 1 is 0.958 bits per heavy atom. The van der Waals surface area contributed by atoms with E-state index < -0.39 is 6.09 Å². The zero-order valence-electron chi connectivity index (χ0n) is 15.5. The van der Waals surface area contributed by atoms with Crippen LogP contribution in [0.2, 0.25) is 0 Å². The lowest BCUT2D eigenvalue weighted by atomic mass is 9.42. The summed E-state index contributed by atoms with van der Waals surface area (Å²) in [5.41, 5.74) is 0.603. The second kappa shape index (κ2) is 6.51. The maximum atomic E-state index is 12.1. The molecule has 0 radical (unpaired) electrons. The molecule has 4 nitrogen and oxygen atoms in total. The monoisotopic (exact) mass is 337 g/mol. The van der Waals surface area contributed by atoms with Gasteiger partial charge in [0.25, 0.3) is 0 Å². The van der Waals surface area contributed by atoms with Crippen molar-refractivity contribution in [3.05, 3.63) is 0 Å². The van der Waals surface area contributed by atoms with Crippen LogP contribution in [0.3, 0.4) is 0 Å². The maximum Gasteiger partial charge on any atom is 0.407 e. The average molecular weight is 338 g/mol. The molecule has 0 aromatic carbocycles. The molecule has 4 rings (SSSR count). The molecule has 24 heavy (non-hydrogen) atoms. The Kier molecular flexibility index (Phi) is 4.89. The molecule has 0 aromatic heterocycles. The number of rotatable bonds is 8. The SMILES string of the molecule is C[C@]12CC3CC(N(CCCCCCCO)C(=O)O)(C1)C[C@@](C)(C3)C2. The molecule has 0 aliphatic heterocycles. The van der Waals surface area contributed by atoms with Crippen molar-refractivity contribution in [2.45, 2.75) is 90.0 Å². The van der Waals surface area contributed by atoms with E-state index >= 15 is 0 Å². The summed E-state index contributed by atoms with van der Waals surface area (Å²) in [6, 6.07) is 0. The third kappa shape index (κ3) is 3.44. The van der Waals surface area contributed by atoms with Crippen molar-refractivity contribution in [3.8, 4) is 0 Å². The quantitative estimate of drug-likeness (QED) is 0.633. The van der Waals surface area contributed by atoms with Crippen molar-refractivity contribution >= 4 is 6.09 Å². The molecular weight excluding hydrogens is 302 g/mol. The smallest absolute Gasteiger partial charge is 0.407 e. The molecule has 2 unspecified atom stereocenters. The highest BCUT2D eigenvalue weighted by molar-refractivity contribution is 5.66. The number of amides is 1. The highest BCUT2D eigenvalue weighted by Gasteiger charge is 2.62. The Morgan fingerprint density at radius 2 is 1.54 bits per heavy atom. The summed E-state index contributed by atoms with van der Waals surface area (Å²) >= 11 is 0. The van der Waals surface area contributed by atoms with Gasteiger partial charge in [-0.25, -0.2) is 4.79 Å². The fourth-order valence-corrected chi connectivity index (χ4v) is 7.14. The van der Waals surface area contributed by atoms with Gasteiger partial charge in [-0.1, -0.05) is 33.1 Å². The Bertz CT molecular complexity index is 460. The van der Waals surface area contributed by atoms with Crippen LogP contribution < -0.4 is 0 Å². The van der Waals surface area contributed by atoms with Crippen molar-refractivity contribution < 1.29 is 15.0 Å². The van der Waals surface area contributed by atoms with E-state index in [1.807, 2.05) is 4.90 Å². The summed E-state index contributed by atoms with van der Waals surface area (Å²) in [6.45, 7) is 5.76. The molecule has 0 aromatic rings. The normalized spacial score (nSPS) is 40.0. The molecule has 1 amide bonds. The third-order valence-corrected chi connectivity index (χ3v) is 6.94. The molecule has 4 saturated carbocycles. The van der Waals surface area contributed by atoms with Gasteiger partial charge in [0.15, 0.2) is 0 Å². The summed E-state index contributed by atoms with van der Waals surface area (Å²) in [4.78, 5) is 13.9. The molecule has 4 aliphatic rings. The van der Waals surface area contributed by atoms with Gasteiger partial charge < -0.3 is 15.1 Å². The van der Waals surface area contributed by atoms with Crippen LogP contribution in [0.5, 0.6) is 0 Å². The molecule has 4 aliphatic carbocycles. The number of unbranched alkanes of at least 4 members (excludes halogenated alkanes) is 4. The van der Waals surface area contributed by atoms with Gasteiger partial charge in [0.05, 0.1) is 0 Å². The van der Waals surface area contributed by atoms with E-state index in [0.29, 0.717) is 17.4 Å². The van der Waals surface area contributed by atoms with Crippen molar-refractivity contribution in [2.75, 3.05) is 13.2 Å². The fraction of sp³-hybridized carbons (Fsp3) is 0.950. The zero-order valence-corrected chi connectivity index (χ0v) is 15.5. The maximum absolute atomic E-state index is 12.1. The second-order valence-corrected chi connectivity index (χ2v) is 9.78. The van der Waals surface area contributed by atoms with Gasteiger partial charge in [0, 0.05) is 18.7 Å². The lowest BCUT2D eigenvalue weighted by Gasteiger charge is -2.67. The molecule has 2 N–H and O–H groups in total. The summed E-state index contributed by atoms with van der Waals surface area (Å²) in [5.74, 6) is 0.725. The molecular formula is C20H35NO3.